The number of aliphatic carboxylic acids is 1. The van der Waals surface area contributed by atoms with Gasteiger partial charge in [0.2, 0.25) is 0 Å². The third-order valence-corrected chi connectivity index (χ3v) is 19.5. The van der Waals surface area contributed by atoms with Crippen molar-refractivity contribution < 1.29 is 105 Å². The van der Waals surface area contributed by atoms with Gasteiger partial charge in [-0.2, -0.15) is 0 Å². The Morgan fingerprint density at radius 1 is 0.647 bits per heavy atom. The van der Waals surface area contributed by atoms with E-state index in [0.717, 1.165) is 5.57 Å². The minimum Gasteiger partial charge on any atom is -0.479 e. The van der Waals surface area contributed by atoms with Gasteiger partial charge >= 0.3 is 5.97 Å². The van der Waals surface area contributed by atoms with E-state index in [0.29, 0.717) is 32.1 Å². The van der Waals surface area contributed by atoms with E-state index in [1.165, 1.54) is 0 Å². The van der Waals surface area contributed by atoms with Crippen molar-refractivity contribution in [2.24, 2.45) is 50.2 Å². The number of aliphatic hydroxyl groups excluding tert-OH is 13. The molecule has 5 aliphatic carbocycles. The van der Waals surface area contributed by atoms with Gasteiger partial charge in [0, 0.05) is 5.41 Å². The topological polar surface area (TPSA) is 356 Å². The molecule has 3 saturated heterocycles. The van der Waals surface area contributed by atoms with E-state index in [9.17, 15) is 76.3 Å². The average Bonchev–Trinajstić information content (AvgIpc) is 3.56. The summed E-state index contributed by atoms with van der Waals surface area (Å²) < 4.78 is 36.1. The van der Waals surface area contributed by atoms with Gasteiger partial charge in [0.25, 0.3) is 0 Å². The lowest BCUT2D eigenvalue weighted by atomic mass is 9.33. The van der Waals surface area contributed by atoms with Crippen molar-refractivity contribution >= 4 is 5.97 Å². The Balaban J connectivity index is 1.13. The summed E-state index contributed by atoms with van der Waals surface area (Å²) in [6, 6.07) is 0. The Labute approximate surface area is 395 Å². The molecule has 0 aromatic heterocycles. The largest absolute Gasteiger partial charge is 0.479 e. The van der Waals surface area contributed by atoms with Crippen LogP contribution in [-0.2, 0) is 33.2 Å². The van der Waals surface area contributed by atoms with E-state index in [-0.39, 0.29) is 24.7 Å². The average molecular weight is 977 g/mol. The standard InChI is InChI=1S/C47H76O21/c1-42(2)13-20-19-7-8-24-43(3)11-10-26(44(4,17-50)23(43)9-12-45(24,5)46(19,6)14-25(52)47(20,18-51)37(60)36(42)59)65-41-35(68-40-31(57)29(55)27(53)21(15-48)63-40)33(32(58)34(67-41)38(61)62)66-39-30(56)28(54)22(16-49)64-39/h7,20-37,39-41,48-60H,8-18H2,1-6H3,(H,61,62)/t20-,21+,22-,23+,24+,25+,26-,27+,28-,29-,30+,31+,32-,33-,34-,35+,36-,37-,39-,40-,41+,43-,44+,45+,46+,47-/m0/s1. The molecule has 390 valence electrons. The van der Waals surface area contributed by atoms with Gasteiger partial charge in [-0.1, -0.05) is 53.2 Å². The van der Waals surface area contributed by atoms with E-state index in [1.54, 1.807) is 0 Å². The number of hydrogen-bond donors (Lipinski definition) is 14. The highest BCUT2D eigenvalue weighted by atomic mass is 16.8. The first-order valence-electron chi connectivity index (χ1n) is 24.2. The van der Waals surface area contributed by atoms with Gasteiger partial charge in [0.05, 0.1) is 56.3 Å². The second-order valence-electron chi connectivity index (χ2n) is 23.1. The molecule has 3 heterocycles. The molecule has 26 atom stereocenters. The summed E-state index contributed by atoms with van der Waals surface area (Å²) in [5.41, 5.74) is -3.56. The van der Waals surface area contributed by atoms with Crippen molar-refractivity contribution in [1.82, 2.24) is 0 Å². The smallest absolute Gasteiger partial charge is 0.335 e. The van der Waals surface area contributed by atoms with Crippen LogP contribution in [0.1, 0.15) is 86.5 Å². The zero-order valence-corrected chi connectivity index (χ0v) is 39.6. The summed E-state index contributed by atoms with van der Waals surface area (Å²) in [4.78, 5) is 12.8. The lowest BCUT2D eigenvalue weighted by molar-refractivity contribution is -0.387. The SMILES string of the molecule is CC1(C)C[C@H]2C3=CC[C@@H]4[C@@]5(C)CC[C@H](O[C@@H]6O[C@H](C(=O)O)[C@@H](O)[C@H](O[C@@H]7O[C@@H](CO)[C@H](O)[C@H]7O)[C@H]6O[C@@H]6O[C@H](CO)[C@@H](O)[C@H](O)[C@H]6O)[C@](C)(CO)[C@@H]5CC[C@@]4(C)[C@]3(C)C[C@@H](O)[C@@]2(CO)[C@@H](O)[C@@H]1O. The summed E-state index contributed by atoms with van der Waals surface area (Å²) in [5.74, 6) is -2.33. The molecule has 0 bridgehead atoms. The van der Waals surface area contributed by atoms with Crippen LogP contribution in [0.5, 0.6) is 0 Å². The van der Waals surface area contributed by atoms with Crippen LogP contribution in [0.25, 0.3) is 0 Å². The zero-order chi connectivity index (χ0) is 50.0. The van der Waals surface area contributed by atoms with Crippen LogP contribution < -0.4 is 0 Å². The second kappa shape index (κ2) is 18.4. The molecule has 0 amide bonds. The van der Waals surface area contributed by atoms with E-state index in [1.807, 2.05) is 20.8 Å². The predicted octanol–water partition coefficient (Wildman–Crippen LogP) is -2.77. The Morgan fingerprint density at radius 3 is 1.81 bits per heavy atom. The van der Waals surface area contributed by atoms with Crippen molar-refractivity contribution in [1.29, 1.82) is 0 Å². The first kappa shape index (κ1) is 52.8. The maximum absolute atomic E-state index is 12.8. The lowest BCUT2D eigenvalue weighted by Crippen LogP contribution is -2.72. The molecule has 8 aliphatic rings. The number of rotatable bonds is 11. The number of fused-ring (bicyclic) bond motifs is 7. The fraction of sp³-hybridized carbons (Fsp3) is 0.936. The van der Waals surface area contributed by atoms with Crippen molar-refractivity contribution in [3.05, 3.63) is 11.6 Å². The minimum absolute atomic E-state index is 0.0104. The normalized spacial score (nSPS) is 55.6. The van der Waals surface area contributed by atoms with Crippen LogP contribution in [0, 0.1) is 50.2 Å². The van der Waals surface area contributed by atoms with Gasteiger partial charge in [-0.15, -0.1) is 0 Å². The number of aliphatic hydroxyl groups is 13. The Morgan fingerprint density at radius 2 is 1.24 bits per heavy atom. The first-order valence-corrected chi connectivity index (χ1v) is 24.2. The molecule has 0 aromatic carbocycles. The van der Waals surface area contributed by atoms with E-state index in [4.69, 9.17) is 28.4 Å². The Hall–Kier alpha value is -1.55. The van der Waals surface area contributed by atoms with Crippen LogP contribution >= 0.6 is 0 Å². The van der Waals surface area contributed by atoms with Crippen LogP contribution in [0.15, 0.2) is 11.6 Å². The van der Waals surface area contributed by atoms with Gasteiger partial charge in [0.1, 0.15) is 61.0 Å². The minimum atomic E-state index is -2.13. The van der Waals surface area contributed by atoms with Crippen molar-refractivity contribution in [3.63, 3.8) is 0 Å². The number of hydrogen-bond acceptors (Lipinski definition) is 20. The number of carboxylic acid groups (broad SMARTS) is 1. The van der Waals surface area contributed by atoms with Gasteiger partial charge in [-0.3, -0.25) is 0 Å². The van der Waals surface area contributed by atoms with Gasteiger partial charge in [-0.05, 0) is 84.4 Å². The molecule has 8 rings (SSSR count). The highest BCUT2D eigenvalue weighted by molar-refractivity contribution is 5.73. The van der Waals surface area contributed by atoms with E-state index in [2.05, 4.69) is 26.8 Å². The summed E-state index contributed by atoms with van der Waals surface area (Å²) >= 11 is 0. The number of carbonyl (C=O) groups is 1. The number of allylic oxidation sites excluding steroid dienone is 2. The molecular weight excluding hydrogens is 900 g/mol. The first-order chi connectivity index (χ1) is 31.8. The maximum atomic E-state index is 12.8. The van der Waals surface area contributed by atoms with Crippen LogP contribution in [-0.4, -0.2) is 214 Å². The van der Waals surface area contributed by atoms with Gasteiger partial charge < -0.3 is 99.9 Å². The van der Waals surface area contributed by atoms with E-state index >= 15 is 0 Å². The lowest BCUT2D eigenvalue weighted by Gasteiger charge is -2.72. The quantitative estimate of drug-likeness (QED) is 0.0736. The number of carboxylic acids is 1. The molecule has 7 fully saturated rings. The van der Waals surface area contributed by atoms with Crippen LogP contribution in [0.2, 0.25) is 0 Å². The van der Waals surface area contributed by atoms with Crippen molar-refractivity contribution in [2.75, 3.05) is 26.4 Å². The predicted molar refractivity (Wildman–Crippen MR) is 230 cm³/mol. The number of ether oxygens (including phenoxy) is 6. The molecule has 4 saturated carbocycles. The molecule has 3 aliphatic heterocycles. The summed E-state index contributed by atoms with van der Waals surface area (Å²) in [7, 11) is 0. The highest BCUT2D eigenvalue weighted by Gasteiger charge is 2.73. The third kappa shape index (κ3) is 7.63. The zero-order valence-electron chi connectivity index (χ0n) is 39.6. The van der Waals surface area contributed by atoms with Crippen LogP contribution in [0.3, 0.4) is 0 Å². The maximum Gasteiger partial charge on any atom is 0.335 e. The molecule has 14 N–H and O–H groups in total. The molecule has 21 nitrogen and oxygen atoms in total. The van der Waals surface area contributed by atoms with E-state index < -0.39 is 181 Å². The summed E-state index contributed by atoms with van der Waals surface area (Å²) in [6.07, 6.45) is -24.4. The molecule has 0 unspecified atom stereocenters. The summed E-state index contributed by atoms with van der Waals surface area (Å²) in [6.45, 7) is 9.80. The van der Waals surface area contributed by atoms with Crippen molar-refractivity contribution in [3.8, 4) is 0 Å². The van der Waals surface area contributed by atoms with Gasteiger partial charge in [-0.25, -0.2) is 4.79 Å². The molecule has 21 heteroatoms. The molecule has 0 radical (unpaired) electrons. The highest BCUT2D eigenvalue weighted by Crippen LogP contribution is 2.76. The van der Waals surface area contributed by atoms with Crippen molar-refractivity contribution in [2.45, 2.75) is 197 Å². The van der Waals surface area contributed by atoms with Crippen LogP contribution in [0.4, 0.5) is 0 Å². The summed E-state index contributed by atoms with van der Waals surface area (Å²) in [5, 5.41) is 153. The monoisotopic (exact) mass is 976 g/mol. The Kier molecular flexibility index (Phi) is 14.3. The Bertz CT molecular complexity index is 1870. The third-order valence-electron chi connectivity index (χ3n) is 19.5. The molecule has 0 aromatic rings. The second-order valence-corrected chi connectivity index (χ2v) is 23.1. The molecule has 68 heavy (non-hydrogen) atoms. The molecule has 0 spiro atoms. The van der Waals surface area contributed by atoms with Gasteiger partial charge in [0.15, 0.2) is 25.0 Å². The molecular formula is C47H76O21. The fourth-order valence-corrected chi connectivity index (χ4v) is 15.2. The fourth-order valence-electron chi connectivity index (χ4n) is 15.2.